The predicted octanol–water partition coefficient (Wildman–Crippen LogP) is 1.73. The highest BCUT2D eigenvalue weighted by molar-refractivity contribution is 5.99. The Morgan fingerprint density at radius 1 is 1.13 bits per heavy atom. The second-order valence-corrected chi connectivity index (χ2v) is 4.64. The van der Waals surface area contributed by atoms with Crippen LogP contribution in [0.4, 0.5) is 0 Å². The Kier molecular flexibility index (Phi) is 4.08. The van der Waals surface area contributed by atoms with E-state index in [-0.39, 0.29) is 22.4 Å². The number of benzene rings is 1. The first kappa shape index (κ1) is 16.1. The van der Waals surface area contributed by atoms with E-state index in [4.69, 9.17) is 9.84 Å². The van der Waals surface area contributed by atoms with Gasteiger partial charge in [0.25, 0.3) is 0 Å². The van der Waals surface area contributed by atoms with Crippen molar-refractivity contribution in [3.8, 4) is 22.6 Å². The molecule has 1 aromatic heterocycles. The van der Waals surface area contributed by atoms with Crippen molar-refractivity contribution in [1.29, 1.82) is 0 Å². The summed E-state index contributed by atoms with van der Waals surface area (Å²) in [5, 5.41) is 28.0. The molecule has 0 radical (unpaired) electrons. The van der Waals surface area contributed by atoms with Crippen LogP contribution in [0, 0.1) is 6.92 Å². The summed E-state index contributed by atoms with van der Waals surface area (Å²) < 4.78 is 9.64. The Hall–Kier alpha value is -3.29. The van der Waals surface area contributed by atoms with Crippen LogP contribution in [0.5, 0.6) is 11.5 Å². The van der Waals surface area contributed by atoms with Crippen molar-refractivity contribution >= 4 is 11.9 Å². The smallest absolute Gasteiger partial charge is 0.371 e. The Morgan fingerprint density at radius 2 is 1.78 bits per heavy atom. The van der Waals surface area contributed by atoms with E-state index in [9.17, 15) is 24.6 Å². The number of carbonyl (C=O) groups is 2. The zero-order valence-electron chi connectivity index (χ0n) is 12.1. The minimum Gasteiger partial charge on any atom is -0.507 e. The molecular weight excluding hydrogens is 308 g/mol. The number of ether oxygens (including phenoxy) is 1. The van der Waals surface area contributed by atoms with E-state index >= 15 is 0 Å². The maximum absolute atomic E-state index is 12.1. The quantitative estimate of drug-likeness (QED) is 0.775. The summed E-state index contributed by atoms with van der Waals surface area (Å²) in [6, 6.07) is 3.44. The fourth-order valence-corrected chi connectivity index (χ4v) is 2.18. The lowest BCUT2D eigenvalue weighted by molar-refractivity contribution is 0.0653. The fourth-order valence-electron chi connectivity index (χ4n) is 2.18. The van der Waals surface area contributed by atoms with Crippen molar-refractivity contribution in [3.63, 3.8) is 0 Å². The van der Waals surface area contributed by atoms with Gasteiger partial charge in [-0.1, -0.05) is 0 Å². The van der Waals surface area contributed by atoms with Crippen LogP contribution in [0.3, 0.4) is 0 Å². The van der Waals surface area contributed by atoms with Gasteiger partial charge in [-0.05, 0) is 24.6 Å². The van der Waals surface area contributed by atoms with E-state index in [1.165, 1.54) is 20.1 Å². The highest BCUT2D eigenvalue weighted by Crippen LogP contribution is 2.35. The molecule has 0 aliphatic carbocycles. The molecule has 8 nitrogen and oxygen atoms in total. The molecule has 0 fully saturated rings. The molecule has 0 aliphatic rings. The number of aromatic hydroxyl groups is 1. The number of hydrogen-bond donors (Lipinski definition) is 3. The van der Waals surface area contributed by atoms with Crippen LogP contribution in [0.25, 0.3) is 11.1 Å². The third-order valence-electron chi connectivity index (χ3n) is 3.17. The monoisotopic (exact) mass is 320 g/mol. The van der Waals surface area contributed by atoms with E-state index in [0.717, 1.165) is 12.1 Å². The summed E-state index contributed by atoms with van der Waals surface area (Å²) in [5.74, 6) is -3.92. The largest absolute Gasteiger partial charge is 0.507 e. The summed E-state index contributed by atoms with van der Waals surface area (Å²) in [6.45, 7) is 1.43. The maximum atomic E-state index is 12.1. The van der Waals surface area contributed by atoms with Gasteiger partial charge in [-0.25, -0.2) is 14.4 Å². The average molecular weight is 320 g/mol. The zero-order valence-corrected chi connectivity index (χ0v) is 12.1. The lowest BCUT2D eigenvalue weighted by atomic mass is 9.96. The number of carboxylic acids is 2. The van der Waals surface area contributed by atoms with Crippen LogP contribution in [-0.4, -0.2) is 34.4 Å². The Balaban J connectivity index is 2.86. The van der Waals surface area contributed by atoms with Crippen molar-refractivity contribution in [2.75, 3.05) is 7.11 Å². The molecule has 0 saturated carbocycles. The molecule has 1 aromatic carbocycles. The van der Waals surface area contributed by atoms with Gasteiger partial charge < -0.3 is 24.5 Å². The molecule has 3 N–H and O–H groups in total. The molecule has 1 heterocycles. The summed E-state index contributed by atoms with van der Waals surface area (Å²) >= 11 is 0. The zero-order chi connectivity index (χ0) is 17.3. The summed E-state index contributed by atoms with van der Waals surface area (Å²) in [6.07, 6.45) is 0. The molecule has 0 atom stereocenters. The van der Waals surface area contributed by atoms with E-state index in [2.05, 4.69) is 4.42 Å². The molecule has 0 amide bonds. The molecule has 23 heavy (non-hydrogen) atoms. The first-order valence-electron chi connectivity index (χ1n) is 6.29. The lowest BCUT2D eigenvalue weighted by Gasteiger charge is -2.12. The van der Waals surface area contributed by atoms with Crippen molar-refractivity contribution in [1.82, 2.24) is 0 Å². The van der Waals surface area contributed by atoms with Gasteiger partial charge in [0.2, 0.25) is 5.76 Å². The molecule has 120 valence electrons. The molecular formula is C15H12O8. The van der Waals surface area contributed by atoms with Crippen molar-refractivity contribution in [3.05, 3.63) is 45.5 Å². The minimum absolute atomic E-state index is 0.127. The van der Waals surface area contributed by atoms with Crippen molar-refractivity contribution < 1.29 is 34.1 Å². The Bertz CT molecular complexity index is 863. The first-order valence-corrected chi connectivity index (χ1v) is 6.29. The molecule has 0 aliphatic heterocycles. The normalized spacial score (nSPS) is 10.3. The second-order valence-electron chi connectivity index (χ2n) is 4.64. The molecule has 0 saturated heterocycles. The second kappa shape index (κ2) is 5.84. The molecule has 2 rings (SSSR count). The lowest BCUT2D eigenvalue weighted by Crippen LogP contribution is -2.13. The average Bonchev–Trinajstić information content (AvgIpc) is 2.45. The van der Waals surface area contributed by atoms with Gasteiger partial charge in [0.1, 0.15) is 17.1 Å². The minimum atomic E-state index is -1.46. The summed E-state index contributed by atoms with van der Waals surface area (Å²) in [5.41, 5.74) is -1.64. The third-order valence-corrected chi connectivity index (χ3v) is 3.17. The van der Waals surface area contributed by atoms with E-state index in [1.807, 2.05) is 0 Å². The highest BCUT2D eigenvalue weighted by atomic mass is 16.5. The maximum Gasteiger partial charge on any atom is 0.371 e. The van der Waals surface area contributed by atoms with Gasteiger partial charge in [-0.2, -0.15) is 0 Å². The number of carboxylic acid groups (broad SMARTS) is 2. The van der Waals surface area contributed by atoms with Gasteiger partial charge in [0.15, 0.2) is 0 Å². The number of aromatic carboxylic acids is 2. The van der Waals surface area contributed by atoms with E-state index in [1.54, 1.807) is 0 Å². The van der Waals surface area contributed by atoms with Gasteiger partial charge in [0.05, 0.1) is 12.7 Å². The van der Waals surface area contributed by atoms with Crippen molar-refractivity contribution in [2.45, 2.75) is 6.92 Å². The standard InChI is InChI=1S/C15H12O8/c1-6-3-10(13(17)18)23-15(21)11(6)8-4-7(22-2)5-9(16)12(8)14(19)20/h3-5,16H,1-2H3,(H,17,18)(H,19,20). The number of aryl methyl sites for hydroxylation is 1. The number of methoxy groups -OCH3 is 1. The molecule has 0 unspecified atom stereocenters. The van der Waals surface area contributed by atoms with Crippen molar-refractivity contribution in [2.24, 2.45) is 0 Å². The molecule has 2 aromatic rings. The van der Waals surface area contributed by atoms with Gasteiger partial charge in [-0.15, -0.1) is 0 Å². The summed E-state index contributed by atoms with van der Waals surface area (Å²) in [7, 11) is 1.31. The van der Waals surface area contributed by atoms with Crippen LogP contribution in [-0.2, 0) is 0 Å². The van der Waals surface area contributed by atoms with Crippen LogP contribution in [0.15, 0.2) is 27.4 Å². The van der Waals surface area contributed by atoms with Gasteiger partial charge in [0, 0.05) is 11.6 Å². The molecule has 8 heteroatoms. The third kappa shape index (κ3) is 2.86. The van der Waals surface area contributed by atoms with Crippen LogP contribution < -0.4 is 10.4 Å². The van der Waals surface area contributed by atoms with E-state index in [0.29, 0.717) is 0 Å². The fraction of sp³-hybridized carbons (Fsp3) is 0.133. The van der Waals surface area contributed by atoms with E-state index < -0.39 is 34.6 Å². The van der Waals surface area contributed by atoms with Gasteiger partial charge >= 0.3 is 17.6 Å². The molecule has 0 spiro atoms. The number of rotatable bonds is 4. The Morgan fingerprint density at radius 3 is 2.26 bits per heavy atom. The molecule has 0 bridgehead atoms. The topological polar surface area (TPSA) is 134 Å². The van der Waals surface area contributed by atoms with Gasteiger partial charge in [-0.3, -0.25) is 0 Å². The predicted molar refractivity (Wildman–Crippen MR) is 77.3 cm³/mol. The number of hydrogen-bond acceptors (Lipinski definition) is 6. The van der Waals surface area contributed by atoms with Crippen LogP contribution in [0.2, 0.25) is 0 Å². The SMILES string of the molecule is COc1cc(O)c(C(=O)O)c(-c2c(C)cc(C(=O)O)oc2=O)c1. The van der Waals surface area contributed by atoms with Crippen LogP contribution in [0.1, 0.15) is 26.5 Å². The Labute approximate surface area is 129 Å². The number of phenols is 1. The summed E-state index contributed by atoms with van der Waals surface area (Å²) in [4.78, 5) is 34.4. The highest BCUT2D eigenvalue weighted by Gasteiger charge is 2.24. The van der Waals surface area contributed by atoms with Crippen LogP contribution >= 0.6 is 0 Å². The first-order chi connectivity index (χ1) is 10.8.